The summed E-state index contributed by atoms with van der Waals surface area (Å²) in [5, 5.41) is 0. The van der Waals surface area contributed by atoms with Crippen molar-refractivity contribution < 1.29 is 4.42 Å². The Hall–Kier alpha value is -2.69. The van der Waals surface area contributed by atoms with Crippen molar-refractivity contribution in [3.8, 4) is 0 Å². The van der Waals surface area contributed by atoms with E-state index in [1.54, 1.807) is 0 Å². The number of benzene rings is 2. The predicted octanol–water partition coefficient (Wildman–Crippen LogP) is 2.34. The van der Waals surface area contributed by atoms with Crippen LogP contribution in [0.4, 0.5) is 11.4 Å². The lowest BCUT2D eigenvalue weighted by Crippen LogP contribution is -2.16. The molecule has 1 heterocycles. The Labute approximate surface area is 115 Å². The lowest BCUT2D eigenvalue weighted by Gasteiger charge is -2.19. The van der Waals surface area contributed by atoms with Crippen LogP contribution >= 0.6 is 0 Å². The molecule has 0 amide bonds. The summed E-state index contributed by atoms with van der Waals surface area (Å²) in [6.45, 7) is 0.717. The van der Waals surface area contributed by atoms with Gasteiger partial charge >= 0.3 is 5.76 Å². The first kappa shape index (κ1) is 12.3. The normalized spacial score (nSPS) is 10.8. The summed E-state index contributed by atoms with van der Waals surface area (Å²) in [5.41, 5.74) is 9.87. The van der Waals surface area contributed by atoms with Crippen molar-refractivity contribution in [2.45, 2.75) is 6.54 Å². The molecule has 0 unspecified atom stereocenters. The number of oxazole rings is 1. The molecular formula is C15H15N3O2. The van der Waals surface area contributed by atoms with Gasteiger partial charge < -0.3 is 15.1 Å². The second-order valence-corrected chi connectivity index (χ2v) is 4.79. The van der Waals surface area contributed by atoms with Crippen molar-refractivity contribution in [1.29, 1.82) is 0 Å². The second kappa shape index (κ2) is 4.77. The number of nitrogens with zero attached hydrogens (tertiary/aromatic N) is 1. The zero-order valence-corrected chi connectivity index (χ0v) is 11.1. The minimum Gasteiger partial charge on any atom is -0.408 e. The maximum atomic E-state index is 11.1. The largest absolute Gasteiger partial charge is 0.417 e. The molecule has 2 aromatic carbocycles. The maximum absolute atomic E-state index is 11.1. The van der Waals surface area contributed by atoms with Crippen LogP contribution in [0.3, 0.4) is 0 Å². The van der Waals surface area contributed by atoms with E-state index >= 15 is 0 Å². The van der Waals surface area contributed by atoms with Crippen molar-refractivity contribution in [1.82, 2.24) is 4.98 Å². The van der Waals surface area contributed by atoms with Crippen LogP contribution in [0.5, 0.6) is 0 Å². The summed E-state index contributed by atoms with van der Waals surface area (Å²) in [6.07, 6.45) is 0. The average molecular weight is 269 g/mol. The number of anilines is 2. The summed E-state index contributed by atoms with van der Waals surface area (Å²) in [5.74, 6) is -0.427. The van der Waals surface area contributed by atoms with Crippen molar-refractivity contribution in [3.63, 3.8) is 0 Å². The number of rotatable bonds is 3. The third-order valence-corrected chi connectivity index (χ3v) is 3.24. The predicted molar refractivity (Wildman–Crippen MR) is 79.8 cm³/mol. The van der Waals surface area contributed by atoms with E-state index in [0.717, 1.165) is 23.5 Å². The van der Waals surface area contributed by atoms with Crippen molar-refractivity contribution in [2.75, 3.05) is 17.7 Å². The number of nitrogen functional groups attached to an aromatic ring is 1. The fraction of sp³-hybridized carbons (Fsp3) is 0.133. The molecule has 3 aromatic rings. The van der Waals surface area contributed by atoms with Gasteiger partial charge in [-0.3, -0.25) is 4.98 Å². The molecule has 0 fully saturated rings. The van der Waals surface area contributed by atoms with Gasteiger partial charge in [0.15, 0.2) is 5.58 Å². The molecule has 0 aliphatic carbocycles. The summed E-state index contributed by atoms with van der Waals surface area (Å²) >= 11 is 0. The Morgan fingerprint density at radius 1 is 1.20 bits per heavy atom. The van der Waals surface area contributed by atoms with Gasteiger partial charge in [-0.1, -0.05) is 6.07 Å². The first-order chi connectivity index (χ1) is 9.61. The third kappa shape index (κ3) is 2.38. The highest BCUT2D eigenvalue weighted by Crippen LogP contribution is 2.19. The molecule has 0 aliphatic rings. The Balaban J connectivity index is 1.84. The van der Waals surface area contributed by atoms with Crippen LogP contribution in [0.2, 0.25) is 0 Å². The second-order valence-electron chi connectivity index (χ2n) is 4.79. The number of nitrogens with one attached hydrogen (secondary N) is 1. The molecule has 3 rings (SSSR count). The van der Waals surface area contributed by atoms with Gasteiger partial charge in [0.05, 0.1) is 5.52 Å². The SMILES string of the molecule is CN(Cc1ccc2[nH]c(=O)oc2c1)c1ccc(N)cc1. The highest BCUT2D eigenvalue weighted by atomic mass is 16.4. The summed E-state index contributed by atoms with van der Waals surface area (Å²) in [7, 11) is 2.00. The minimum atomic E-state index is -0.427. The molecule has 0 aliphatic heterocycles. The van der Waals surface area contributed by atoms with Crippen LogP contribution in [-0.2, 0) is 6.54 Å². The molecule has 102 valence electrons. The molecule has 5 nitrogen and oxygen atoms in total. The monoisotopic (exact) mass is 269 g/mol. The summed E-state index contributed by atoms with van der Waals surface area (Å²) in [4.78, 5) is 15.9. The van der Waals surface area contributed by atoms with E-state index in [1.807, 2.05) is 49.5 Å². The van der Waals surface area contributed by atoms with Gasteiger partial charge in [0.1, 0.15) is 0 Å². The van der Waals surface area contributed by atoms with Gasteiger partial charge in [-0.05, 0) is 42.0 Å². The van der Waals surface area contributed by atoms with Gasteiger partial charge in [0, 0.05) is 25.0 Å². The molecule has 0 bridgehead atoms. The van der Waals surface area contributed by atoms with Crippen LogP contribution in [0, 0.1) is 0 Å². The highest BCUT2D eigenvalue weighted by molar-refractivity contribution is 5.72. The van der Waals surface area contributed by atoms with Crippen LogP contribution in [0.1, 0.15) is 5.56 Å². The molecule has 0 saturated carbocycles. The molecule has 0 saturated heterocycles. The molecule has 0 atom stereocenters. The van der Waals surface area contributed by atoms with Gasteiger partial charge in [-0.15, -0.1) is 0 Å². The topological polar surface area (TPSA) is 75.3 Å². The third-order valence-electron chi connectivity index (χ3n) is 3.24. The fourth-order valence-electron chi connectivity index (χ4n) is 2.18. The van der Waals surface area contributed by atoms with Crippen LogP contribution in [-0.4, -0.2) is 12.0 Å². The Bertz CT molecular complexity index is 787. The molecule has 3 N–H and O–H groups in total. The standard InChI is InChI=1S/C15H15N3O2/c1-18(12-5-3-11(16)4-6-12)9-10-2-7-13-14(8-10)20-15(19)17-13/h2-8H,9,16H2,1H3,(H,17,19). The molecule has 1 aromatic heterocycles. The Morgan fingerprint density at radius 2 is 1.95 bits per heavy atom. The molecular weight excluding hydrogens is 254 g/mol. The van der Waals surface area contributed by atoms with Crippen LogP contribution in [0.15, 0.2) is 51.7 Å². The van der Waals surface area contributed by atoms with Crippen molar-refractivity contribution in [2.24, 2.45) is 0 Å². The van der Waals surface area contributed by atoms with Gasteiger partial charge in [0.25, 0.3) is 0 Å². The smallest absolute Gasteiger partial charge is 0.408 e. The van der Waals surface area contributed by atoms with Crippen LogP contribution < -0.4 is 16.4 Å². The van der Waals surface area contributed by atoms with Gasteiger partial charge in [-0.2, -0.15) is 0 Å². The van der Waals surface area contributed by atoms with E-state index in [4.69, 9.17) is 10.2 Å². The zero-order chi connectivity index (χ0) is 14.1. The van der Waals surface area contributed by atoms with E-state index in [9.17, 15) is 4.79 Å². The molecule has 0 spiro atoms. The number of H-pyrrole nitrogens is 1. The Morgan fingerprint density at radius 3 is 2.70 bits per heavy atom. The van der Waals surface area contributed by atoms with Gasteiger partial charge in [0.2, 0.25) is 0 Å². The van der Waals surface area contributed by atoms with Gasteiger partial charge in [-0.25, -0.2) is 4.79 Å². The lowest BCUT2D eigenvalue weighted by molar-refractivity contribution is 0.555. The van der Waals surface area contributed by atoms with E-state index in [1.165, 1.54) is 0 Å². The molecule has 5 heteroatoms. The number of nitrogens with two attached hydrogens (primary N) is 1. The molecule has 0 radical (unpaired) electrons. The first-order valence-electron chi connectivity index (χ1n) is 6.30. The summed E-state index contributed by atoms with van der Waals surface area (Å²) in [6, 6.07) is 13.4. The number of hydrogen-bond acceptors (Lipinski definition) is 4. The highest BCUT2D eigenvalue weighted by Gasteiger charge is 2.05. The number of aromatic amines is 1. The van der Waals surface area contributed by atoms with E-state index in [0.29, 0.717) is 11.1 Å². The average Bonchev–Trinajstić information content (AvgIpc) is 2.78. The maximum Gasteiger partial charge on any atom is 0.417 e. The van der Waals surface area contributed by atoms with Crippen molar-refractivity contribution in [3.05, 3.63) is 58.6 Å². The van der Waals surface area contributed by atoms with Crippen molar-refractivity contribution >= 4 is 22.5 Å². The zero-order valence-electron chi connectivity index (χ0n) is 11.1. The summed E-state index contributed by atoms with van der Waals surface area (Å²) < 4.78 is 5.07. The van der Waals surface area contributed by atoms with E-state index in [2.05, 4.69) is 9.88 Å². The van der Waals surface area contributed by atoms with E-state index < -0.39 is 5.76 Å². The molecule has 20 heavy (non-hydrogen) atoms. The fourth-order valence-corrected chi connectivity index (χ4v) is 2.18. The van der Waals surface area contributed by atoms with Crippen LogP contribution in [0.25, 0.3) is 11.1 Å². The Kier molecular flexibility index (Phi) is 2.95. The quantitative estimate of drug-likeness (QED) is 0.716. The number of fused-ring (bicyclic) bond motifs is 1. The number of aromatic nitrogens is 1. The number of hydrogen-bond donors (Lipinski definition) is 2. The van der Waals surface area contributed by atoms with E-state index in [-0.39, 0.29) is 0 Å². The minimum absolute atomic E-state index is 0.427. The first-order valence-corrected chi connectivity index (χ1v) is 6.30. The lowest BCUT2D eigenvalue weighted by atomic mass is 10.2.